The third kappa shape index (κ3) is 4.52. The van der Waals surface area contributed by atoms with Crippen molar-refractivity contribution < 1.29 is 14.3 Å². The Morgan fingerprint density at radius 1 is 1.13 bits per heavy atom. The summed E-state index contributed by atoms with van der Waals surface area (Å²) in [6.45, 7) is 4.60. The molecule has 1 N–H and O–H groups in total. The van der Waals surface area contributed by atoms with Crippen LogP contribution in [0.2, 0.25) is 5.02 Å². The summed E-state index contributed by atoms with van der Waals surface area (Å²) in [7, 11) is 0. The molecule has 0 atom stereocenters. The van der Waals surface area contributed by atoms with E-state index in [0.29, 0.717) is 34.7 Å². The number of amidine groups is 2. The van der Waals surface area contributed by atoms with Crippen LogP contribution >= 0.6 is 23.4 Å². The molecule has 2 aliphatic rings. The van der Waals surface area contributed by atoms with E-state index in [1.54, 1.807) is 29.2 Å². The van der Waals surface area contributed by atoms with Gasteiger partial charge in [0, 0.05) is 5.70 Å². The average molecular weight is 454 g/mol. The van der Waals surface area contributed by atoms with E-state index < -0.39 is 5.91 Å². The predicted molar refractivity (Wildman–Crippen MR) is 125 cm³/mol. The van der Waals surface area contributed by atoms with E-state index in [1.165, 1.54) is 11.8 Å². The van der Waals surface area contributed by atoms with Crippen molar-refractivity contribution in [1.29, 1.82) is 5.41 Å². The number of nitrogens with zero attached hydrogens (tertiary/aromatic N) is 2. The summed E-state index contributed by atoms with van der Waals surface area (Å²) in [5.74, 6) is 1.03. The van der Waals surface area contributed by atoms with Crippen molar-refractivity contribution in [2.75, 3.05) is 13.2 Å². The first kappa shape index (κ1) is 21.2. The maximum absolute atomic E-state index is 12.4. The highest BCUT2D eigenvalue weighted by Gasteiger charge is 2.33. The van der Waals surface area contributed by atoms with Crippen LogP contribution in [0.15, 0.2) is 64.1 Å². The molecule has 0 spiro atoms. The van der Waals surface area contributed by atoms with Gasteiger partial charge >= 0.3 is 0 Å². The number of amides is 1. The number of halogens is 1. The highest BCUT2D eigenvalue weighted by molar-refractivity contribution is 8.16. The van der Waals surface area contributed by atoms with Gasteiger partial charge < -0.3 is 9.47 Å². The third-order valence-electron chi connectivity index (χ3n) is 4.74. The summed E-state index contributed by atoms with van der Waals surface area (Å²) in [6, 6.07) is 13.0. The Balaban J connectivity index is 1.42. The van der Waals surface area contributed by atoms with Gasteiger partial charge in [-0.2, -0.15) is 4.99 Å². The lowest BCUT2D eigenvalue weighted by Gasteiger charge is -2.25. The third-order valence-corrected chi connectivity index (χ3v) is 5.98. The van der Waals surface area contributed by atoms with E-state index in [0.717, 1.165) is 17.0 Å². The van der Waals surface area contributed by atoms with E-state index in [9.17, 15) is 4.79 Å². The summed E-state index contributed by atoms with van der Waals surface area (Å²) in [6.07, 6.45) is 1.62. The van der Waals surface area contributed by atoms with Gasteiger partial charge in [0.25, 0.3) is 5.91 Å². The lowest BCUT2D eigenvalue weighted by Crippen LogP contribution is -2.37. The second-order valence-corrected chi connectivity index (χ2v) is 8.21. The molecule has 2 aromatic rings. The molecule has 31 heavy (non-hydrogen) atoms. The minimum Gasteiger partial charge on any atom is -0.490 e. The van der Waals surface area contributed by atoms with Gasteiger partial charge in [0.05, 0.1) is 10.6 Å². The zero-order valence-corrected chi connectivity index (χ0v) is 18.6. The number of aliphatic imine (C=N–C) groups is 1. The van der Waals surface area contributed by atoms with Crippen LogP contribution in [0.25, 0.3) is 6.08 Å². The molecule has 0 fully saturated rings. The molecular weight excluding hydrogens is 434 g/mol. The molecule has 1 amide bonds. The molecule has 2 aromatic carbocycles. The first-order valence-electron chi connectivity index (χ1n) is 9.62. The fourth-order valence-electron chi connectivity index (χ4n) is 3.15. The zero-order valence-electron chi connectivity index (χ0n) is 17.0. The number of hydrogen-bond acceptors (Lipinski definition) is 5. The van der Waals surface area contributed by atoms with Crippen molar-refractivity contribution in [2.24, 2.45) is 4.99 Å². The smallest absolute Gasteiger partial charge is 0.283 e. The number of carbonyl (C=O) groups is 1. The van der Waals surface area contributed by atoms with E-state index in [2.05, 4.69) is 4.99 Å². The van der Waals surface area contributed by atoms with Crippen molar-refractivity contribution in [2.45, 2.75) is 13.8 Å². The van der Waals surface area contributed by atoms with Crippen LogP contribution in [0.4, 0.5) is 0 Å². The van der Waals surface area contributed by atoms with Crippen LogP contribution in [-0.2, 0) is 4.79 Å². The van der Waals surface area contributed by atoms with Crippen LogP contribution in [-0.4, -0.2) is 35.0 Å². The van der Waals surface area contributed by atoms with Crippen molar-refractivity contribution in [3.63, 3.8) is 0 Å². The number of allylic oxidation sites excluding steroid dienone is 1. The van der Waals surface area contributed by atoms with Crippen molar-refractivity contribution >= 4 is 46.3 Å². The van der Waals surface area contributed by atoms with Gasteiger partial charge in [-0.05, 0) is 54.7 Å². The van der Waals surface area contributed by atoms with Crippen LogP contribution in [0.1, 0.15) is 18.1 Å². The molecule has 4 rings (SSSR count). The van der Waals surface area contributed by atoms with Crippen LogP contribution in [0, 0.1) is 12.3 Å². The number of thioether (sulfide) groups is 1. The molecule has 0 bridgehead atoms. The van der Waals surface area contributed by atoms with E-state index in [4.69, 9.17) is 26.5 Å². The minimum absolute atomic E-state index is 0.110. The number of carbonyl (C=O) groups excluding carboxylic acids is 1. The number of hydrogen-bond donors (Lipinski definition) is 1. The van der Waals surface area contributed by atoms with Gasteiger partial charge in [0.2, 0.25) is 0 Å². The van der Waals surface area contributed by atoms with E-state index >= 15 is 0 Å². The lowest BCUT2D eigenvalue weighted by molar-refractivity contribution is -0.114. The highest BCUT2D eigenvalue weighted by atomic mass is 35.5. The molecule has 0 radical (unpaired) electrons. The Kier molecular flexibility index (Phi) is 6.15. The molecule has 0 saturated carbocycles. The minimum atomic E-state index is -0.434. The molecule has 0 aromatic heterocycles. The van der Waals surface area contributed by atoms with Gasteiger partial charge in [-0.1, -0.05) is 47.6 Å². The second-order valence-electron chi connectivity index (χ2n) is 6.97. The summed E-state index contributed by atoms with van der Waals surface area (Å²) in [4.78, 5) is 18.1. The molecule has 158 valence electrons. The zero-order chi connectivity index (χ0) is 22.0. The number of ether oxygens (including phenoxy) is 2. The summed E-state index contributed by atoms with van der Waals surface area (Å²) >= 11 is 7.71. The summed E-state index contributed by atoms with van der Waals surface area (Å²) in [5, 5.41) is 11.2. The Bertz CT molecular complexity index is 1160. The van der Waals surface area contributed by atoms with Crippen molar-refractivity contribution in [3.8, 4) is 11.5 Å². The number of benzene rings is 2. The van der Waals surface area contributed by atoms with Crippen LogP contribution in [0.3, 0.4) is 0 Å². The molecule has 8 heteroatoms. The highest BCUT2D eigenvalue weighted by Crippen LogP contribution is 2.32. The van der Waals surface area contributed by atoms with Gasteiger partial charge in [-0.25, -0.2) is 0 Å². The fourth-order valence-corrected chi connectivity index (χ4v) is 4.25. The maximum Gasteiger partial charge on any atom is 0.283 e. The average Bonchev–Trinajstić information content (AvgIpc) is 3.11. The molecule has 0 aliphatic carbocycles. The summed E-state index contributed by atoms with van der Waals surface area (Å²) in [5.41, 5.74) is 2.83. The molecule has 0 unspecified atom stereocenters. The first-order chi connectivity index (χ1) is 14.9. The van der Waals surface area contributed by atoms with Crippen LogP contribution in [0.5, 0.6) is 11.5 Å². The fraction of sp³-hybridized carbons (Fsp3) is 0.174. The second kappa shape index (κ2) is 8.99. The monoisotopic (exact) mass is 453 g/mol. The van der Waals surface area contributed by atoms with Gasteiger partial charge in [0.15, 0.2) is 5.17 Å². The van der Waals surface area contributed by atoms with Gasteiger partial charge in [-0.3, -0.25) is 15.1 Å². The predicted octanol–water partition coefficient (Wildman–Crippen LogP) is 5.27. The Morgan fingerprint density at radius 2 is 1.87 bits per heavy atom. The molecule has 2 heterocycles. The number of fused-ring (bicyclic) bond motifs is 1. The topological polar surface area (TPSA) is 75.0 Å². The number of aryl methyl sites for hydroxylation is 1. The number of rotatable bonds is 6. The molecular formula is C23H20ClN3O3S. The van der Waals surface area contributed by atoms with Crippen molar-refractivity contribution in [3.05, 3.63) is 75.3 Å². The van der Waals surface area contributed by atoms with Crippen LogP contribution < -0.4 is 9.47 Å². The lowest BCUT2D eigenvalue weighted by atomic mass is 10.1. The largest absolute Gasteiger partial charge is 0.490 e. The maximum atomic E-state index is 12.4. The quantitative estimate of drug-likeness (QED) is 0.476. The SMILES string of the molecule is CC1=CSC2=NC(=O)/C(=C\c3ccc(OCCOc4ccccc4C)c(Cl)c3)C(=N)N12. The van der Waals surface area contributed by atoms with Gasteiger partial charge in [0.1, 0.15) is 30.5 Å². The van der Waals surface area contributed by atoms with Crippen molar-refractivity contribution in [1.82, 2.24) is 4.90 Å². The number of nitrogens with one attached hydrogen (secondary N) is 1. The Hall–Kier alpha value is -3.03. The Morgan fingerprint density at radius 3 is 2.61 bits per heavy atom. The van der Waals surface area contributed by atoms with E-state index in [1.807, 2.05) is 43.5 Å². The summed E-state index contributed by atoms with van der Waals surface area (Å²) < 4.78 is 11.5. The first-order valence-corrected chi connectivity index (χ1v) is 10.9. The number of para-hydroxylation sites is 1. The van der Waals surface area contributed by atoms with E-state index in [-0.39, 0.29) is 11.4 Å². The van der Waals surface area contributed by atoms with Gasteiger partial charge in [-0.15, -0.1) is 0 Å². The normalized spacial score (nSPS) is 16.9. The standard InChI is InChI=1S/C23H20ClN3O3S/c1-14-5-3-4-6-19(14)29-9-10-30-20-8-7-16(12-18(20)24)11-17-21(25)27-15(2)13-31-23(27)26-22(17)28/h3-8,11-13,25H,9-10H2,1-2H3/b17-11-,25-21?. The molecule has 2 aliphatic heterocycles. The Labute approximate surface area is 189 Å². The molecule has 0 saturated heterocycles. The molecule has 6 nitrogen and oxygen atoms in total.